The van der Waals surface area contributed by atoms with Crippen molar-refractivity contribution in [2.75, 3.05) is 9.80 Å². The first-order chi connectivity index (χ1) is 37.9. The van der Waals surface area contributed by atoms with Gasteiger partial charge in [0.2, 0.25) is 0 Å². The van der Waals surface area contributed by atoms with Gasteiger partial charge in [-0.1, -0.05) is 194 Å². The van der Waals surface area contributed by atoms with Crippen LogP contribution in [0.5, 0.6) is 0 Å². The zero-order chi connectivity index (χ0) is 51.5. The zero-order valence-corrected chi connectivity index (χ0v) is 43.1. The van der Waals surface area contributed by atoms with Crippen LogP contribution < -0.4 is 9.80 Å². The molecule has 0 aliphatic rings. The predicted molar refractivity (Wildman–Crippen MR) is 322 cm³/mol. The van der Waals surface area contributed by atoms with Crippen LogP contribution in [0.2, 0.25) is 0 Å². The van der Waals surface area contributed by atoms with E-state index in [0.29, 0.717) is 0 Å². The van der Waals surface area contributed by atoms with E-state index < -0.39 is 0 Å². The highest BCUT2D eigenvalue weighted by molar-refractivity contribution is 6.31. The van der Waals surface area contributed by atoms with Crippen LogP contribution in [0.4, 0.5) is 34.1 Å². The Morgan fingerprint density at radius 3 is 0.961 bits per heavy atom. The number of furan rings is 3. The van der Waals surface area contributed by atoms with Crippen LogP contribution in [0.25, 0.3) is 110 Å². The van der Waals surface area contributed by atoms with Crippen molar-refractivity contribution in [1.82, 2.24) is 0 Å². The van der Waals surface area contributed by atoms with E-state index in [9.17, 15) is 0 Å². The number of benzene rings is 12. The molecule has 12 aromatic carbocycles. The van der Waals surface area contributed by atoms with Crippen molar-refractivity contribution in [3.63, 3.8) is 0 Å². The normalized spacial score (nSPS) is 11.9. The Bertz CT molecular complexity index is 4590. The third-order valence-corrected chi connectivity index (χ3v) is 16.0. The maximum atomic E-state index is 7.38. The van der Waals surface area contributed by atoms with Gasteiger partial charge in [0.25, 0.3) is 0 Å². The molecule has 3 heterocycles. The molecule has 0 bridgehead atoms. The first-order valence-electron chi connectivity index (χ1n) is 26.4. The van der Waals surface area contributed by atoms with Crippen molar-refractivity contribution < 1.29 is 13.3 Å². The summed E-state index contributed by atoms with van der Waals surface area (Å²) in [4.78, 5) is 4.76. The molecule has 0 radical (unpaired) electrons. The number of para-hydroxylation sites is 6. The second-order valence-electron chi connectivity index (χ2n) is 20.5. The molecule has 0 spiro atoms. The minimum Gasteiger partial charge on any atom is -0.456 e. The summed E-state index contributed by atoms with van der Waals surface area (Å²) in [5, 5.41) is 10.8. The number of fused-ring (bicyclic) bond motifs is 13. The Kier molecular flexibility index (Phi) is 10.1. The largest absolute Gasteiger partial charge is 0.456 e. The summed E-state index contributed by atoms with van der Waals surface area (Å²) in [6.07, 6.45) is 0. The van der Waals surface area contributed by atoms with Gasteiger partial charge in [0.05, 0.1) is 22.7 Å². The van der Waals surface area contributed by atoms with Crippen molar-refractivity contribution in [1.29, 1.82) is 0 Å². The predicted octanol–water partition coefficient (Wildman–Crippen LogP) is 21.2. The molecule has 3 aromatic heterocycles. The average Bonchev–Trinajstić information content (AvgIpc) is 4.37. The molecule has 0 saturated carbocycles. The van der Waals surface area contributed by atoms with Crippen molar-refractivity contribution in [2.45, 2.75) is 27.7 Å². The fraction of sp³-hybridized carbons (Fsp3) is 0.0556. The number of hydrogen-bond acceptors (Lipinski definition) is 5. The molecule has 0 aliphatic heterocycles. The first-order valence-corrected chi connectivity index (χ1v) is 26.4. The van der Waals surface area contributed by atoms with Gasteiger partial charge in [0.1, 0.15) is 22.3 Å². The van der Waals surface area contributed by atoms with Gasteiger partial charge in [0, 0.05) is 77.7 Å². The van der Waals surface area contributed by atoms with Crippen LogP contribution in [0, 0.1) is 27.7 Å². The molecule has 0 amide bonds. The maximum Gasteiger partial charge on any atom is 0.159 e. The Hall–Kier alpha value is -9.84. The summed E-state index contributed by atoms with van der Waals surface area (Å²) in [7, 11) is 0. The van der Waals surface area contributed by atoms with Gasteiger partial charge in [-0.25, -0.2) is 0 Å². The van der Waals surface area contributed by atoms with Crippen LogP contribution in [0.3, 0.4) is 0 Å². The average molecular weight is 991 g/mol. The molecule has 77 heavy (non-hydrogen) atoms. The fourth-order valence-corrected chi connectivity index (χ4v) is 12.4. The molecule has 0 saturated heterocycles. The minimum absolute atomic E-state index is 0.791. The van der Waals surface area contributed by atoms with Gasteiger partial charge < -0.3 is 23.1 Å². The van der Waals surface area contributed by atoms with Crippen molar-refractivity contribution in [3.8, 4) is 22.3 Å². The Labute approximate surface area is 445 Å². The molecule has 5 nitrogen and oxygen atoms in total. The summed E-state index contributed by atoms with van der Waals surface area (Å²) >= 11 is 0. The zero-order valence-electron chi connectivity index (χ0n) is 43.1. The lowest BCUT2D eigenvalue weighted by Gasteiger charge is -2.28. The lowest BCUT2D eigenvalue weighted by Crippen LogP contribution is -2.12. The Balaban J connectivity index is 0.990. The van der Waals surface area contributed by atoms with E-state index in [1.54, 1.807) is 0 Å². The second kappa shape index (κ2) is 17.4. The number of aryl methyl sites for hydroxylation is 4. The lowest BCUT2D eigenvalue weighted by molar-refractivity contribution is 0.668. The molecule has 366 valence electrons. The number of hydrogen-bond donors (Lipinski definition) is 0. The SMILES string of the molecule is Cc1ccccc1-c1cccc2c1oc1c(N(c3ccccc3C)c3cc4oc5cc(N(c6ccccc6C)c6cccc7c6oc6c(-c8ccccc8C)cccc67)c6ccccc6c5c4c4ccccc34)cccc12. The van der Waals surface area contributed by atoms with Crippen LogP contribution in [0.1, 0.15) is 22.3 Å². The molecule has 0 atom stereocenters. The van der Waals surface area contributed by atoms with E-state index in [1.807, 2.05) is 0 Å². The monoisotopic (exact) mass is 990 g/mol. The van der Waals surface area contributed by atoms with Gasteiger partial charge in [0.15, 0.2) is 11.2 Å². The smallest absolute Gasteiger partial charge is 0.159 e. The maximum absolute atomic E-state index is 7.38. The summed E-state index contributed by atoms with van der Waals surface area (Å²) in [5.41, 5.74) is 20.1. The van der Waals surface area contributed by atoms with Crippen LogP contribution in [-0.4, -0.2) is 0 Å². The second-order valence-corrected chi connectivity index (χ2v) is 20.5. The van der Waals surface area contributed by atoms with Crippen LogP contribution >= 0.6 is 0 Å². The van der Waals surface area contributed by atoms with Gasteiger partial charge in [-0.2, -0.15) is 0 Å². The molecular weight excluding hydrogens is 941 g/mol. The summed E-state index contributed by atoms with van der Waals surface area (Å²) in [6, 6.07) is 82.4. The lowest BCUT2D eigenvalue weighted by atomic mass is 9.96. The van der Waals surface area contributed by atoms with Crippen molar-refractivity contribution >= 4 is 121 Å². The first kappa shape index (κ1) is 44.6. The number of rotatable bonds is 8. The van der Waals surface area contributed by atoms with Crippen LogP contribution in [-0.2, 0) is 0 Å². The third-order valence-electron chi connectivity index (χ3n) is 16.0. The van der Waals surface area contributed by atoms with Gasteiger partial charge in [-0.05, 0) is 96.1 Å². The quantitative estimate of drug-likeness (QED) is 0.152. The fourth-order valence-electron chi connectivity index (χ4n) is 12.4. The van der Waals surface area contributed by atoms with Crippen LogP contribution in [0.15, 0.2) is 244 Å². The standard InChI is InChI=1S/C72H50N2O3/c1-43-21-5-9-25-47(43)53-31-17-33-55-57-35-19-39-61(71(57)76-69(53)55)73(59-37-15-7-23-45(59)3)63-41-65-67(51-29-13-11-27-49(51)63)68-52-30-14-12-28-50(52)64(42-66(68)75-65)74(60-38-16-8-24-46(60)4)62-40-20-36-58-56-34-18-32-54(70(56)77-72(58)62)48-26-10-6-22-44(48)2/h5-42H,1-4H3. The molecule has 0 unspecified atom stereocenters. The highest BCUT2D eigenvalue weighted by Gasteiger charge is 2.29. The summed E-state index contributed by atoms with van der Waals surface area (Å²) in [6.45, 7) is 8.69. The molecular formula is C72H50N2O3. The summed E-state index contributed by atoms with van der Waals surface area (Å²) in [5.74, 6) is 0. The minimum atomic E-state index is 0.791. The number of anilines is 6. The van der Waals surface area contributed by atoms with Crippen molar-refractivity contribution in [3.05, 3.63) is 253 Å². The van der Waals surface area contributed by atoms with E-state index in [-0.39, 0.29) is 0 Å². The van der Waals surface area contributed by atoms with E-state index in [2.05, 4.69) is 268 Å². The van der Waals surface area contributed by atoms with Gasteiger partial charge in [-0.3, -0.25) is 0 Å². The Morgan fingerprint density at radius 1 is 0.234 bits per heavy atom. The van der Waals surface area contributed by atoms with E-state index in [4.69, 9.17) is 13.3 Å². The van der Waals surface area contributed by atoms with Gasteiger partial charge in [-0.15, -0.1) is 0 Å². The Morgan fingerprint density at radius 2 is 0.545 bits per heavy atom. The summed E-state index contributed by atoms with van der Waals surface area (Å²) < 4.78 is 21.8. The molecule has 0 aliphatic carbocycles. The van der Waals surface area contributed by atoms with Crippen molar-refractivity contribution in [2.24, 2.45) is 0 Å². The van der Waals surface area contributed by atoms with E-state index >= 15 is 0 Å². The molecule has 0 N–H and O–H groups in total. The highest BCUT2D eigenvalue weighted by Crippen LogP contribution is 2.53. The highest BCUT2D eigenvalue weighted by atomic mass is 16.3. The van der Waals surface area contributed by atoms with E-state index in [1.165, 1.54) is 11.1 Å². The van der Waals surface area contributed by atoms with E-state index in [0.717, 1.165) is 155 Å². The third kappa shape index (κ3) is 6.80. The molecule has 15 rings (SSSR count). The number of nitrogens with zero attached hydrogens (tertiary/aromatic N) is 2. The topological polar surface area (TPSA) is 45.9 Å². The van der Waals surface area contributed by atoms with Gasteiger partial charge >= 0.3 is 0 Å². The molecule has 0 fully saturated rings. The molecule has 5 heteroatoms. The molecule has 15 aromatic rings.